The Morgan fingerprint density at radius 1 is 1.12 bits per heavy atom. The summed E-state index contributed by atoms with van der Waals surface area (Å²) >= 11 is 6.10. The maximum absolute atomic E-state index is 13.7. The lowest BCUT2D eigenvalue weighted by atomic mass is 10.2. The molecule has 0 aliphatic carbocycles. The average molecular weight is 482 g/mol. The minimum atomic E-state index is -4.01. The van der Waals surface area contributed by atoms with Crippen molar-refractivity contribution in [1.82, 2.24) is 14.5 Å². The van der Waals surface area contributed by atoms with Gasteiger partial charge in [0.1, 0.15) is 16.4 Å². The number of methoxy groups -OCH3 is 2. The summed E-state index contributed by atoms with van der Waals surface area (Å²) in [6, 6.07) is 11.6. The zero-order valence-electron chi connectivity index (χ0n) is 18.2. The molecule has 0 atom stereocenters. The molecule has 0 saturated carbocycles. The summed E-state index contributed by atoms with van der Waals surface area (Å²) in [5.74, 6) is 0.523. The molecule has 1 aliphatic heterocycles. The highest BCUT2D eigenvalue weighted by Crippen LogP contribution is 2.31. The van der Waals surface area contributed by atoms with Gasteiger partial charge in [0.25, 0.3) is 0 Å². The third-order valence-corrected chi connectivity index (χ3v) is 7.38. The van der Waals surface area contributed by atoms with Gasteiger partial charge in [-0.2, -0.15) is 4.31 Å². The van der Waals surface area contributed by atoms with E-state index in [1.807, 2.05) is 0 Å². The highest BCUT2D eigenvalue weighted by molar-refractivity contribution is 7.89. The zero-order valence-corrected chi connectivity index (χ0v) is 19.8. The number of amides is 1. The van der Waals surface area contributed by atoms with Crippen LogP contribution in [0.1, 0.15) is 12.0 Å². The van der Waals surface area contributed by atoms with Gasteiger partial charge in [-0.3, -0.25) is 4.79 Å². The largest absolute Gasteiger partial charge is 0.497 e. The summed E-state index contributed by atoms with van der Waals surface area (Å²) in [6.07, 6.45) is 0.0755. The predicted octanol–water partition coefficient (Wildman–Crippen LogP) is 2.37. The number of sulfonamides is 1. The van der Waals surface area contributed by atoms with E-state index >= 15 is 0 Å². The van der Waals surface area contributed by atoms with Crippen LogP contribution in [-0.4, -0.2) is 70.5 Å². The number of ether oxygens (including phenoxy) is 2. The van der Waals surface area contributed by atoms with E-state index in [1.54, 1.807) is 41.3 Å². The highest BCUT2D eigenvalue weighted by atomic mass is 35.5. The number of carbonyl (C=O) groups excluding carboxylic acids is 1. The number of nitrogens with one attached hydrogen (secondary N) is 1. The summed E-state index contributed by atoms with van der Waals surface area (Å²) in [5.41, 5.74) is 0.720. The maximum atomic E-state index is 13.7. The molecular weight excluding hydrogens is 454 g/mol. The van der Waals surface area contributed by atoms with Crippen LogP contribution in [0.2, 0.25) is 5.02 Å². The van der Waals surface area contributed by atoms with Crippen LogP contribution in [0.15, 0.2) is 47.4 Å². The summed E-state index contributed by atoms with van der Waals surface area (Å²) in [7, 11) is -1.13. The fraction of sp³-hybridized carbons (Fsp3) is 0.409. The lowest BCUT2D eigenvalue weighted by Crippen LogP contribution is -2.47. The first-order chi connectivity index (χ1) is 15.3. The topological polar surface area (TPSA) is 88.2 Å². The first-order valence-corrected chi connectivity index (χ1v) is 12.1. The SMILES string of the molecule is COc1ccc(OC)c(S(=O)(=O)N(CCC(=O)N2CCNCC2)Cc2cccc(Cl)c2)c1. The number of nitrogens with zero attached hydrogens (tertiary/aromatic N) is 2. The van der Waals surface area contributed by atoms with E-state index in [0.29, 0.717) is 23.9 Å². The van der Waals surface area contributed by atoms with Crippen LogP contribution in [0.4, 0.5) is 0 Å². The standard InChI is InChI=1S/C22H28ClN3O5S/c1-30-19-6-7-20(31-2)21(15-19)32(28,29)26(16-17-4-3-5-18(23)14-17)11-8-22(27)25-12-9-24-10-13-25/h3-7,14-15,24H,8-13,16H2,1-2H3. The summed E-state index contributed by atoms with van der Waals surface area (Å²) in [4.78, 5) is 14.4. The number of rotatable bonds is 9. The van der Waals surface area contributed by atoms with Gasteiger partial charge < -0.3 is 19.7 Å². The Bertz CT molecular complexity index is 1040. The van der Waals surface area contributed by atoms with Gasteiger partial charge in [0.15, 0.2) is 0 Å². The second-order valence-corrected chi connectivity index (χ2v) is 9.71. The average Bonchev–Trinajstić information content (AvgIpc) is 2.81. The Morgan fingerprint density at radius 3 is 2.53 bits per heavy atom. The van der Waals surface area contributed by atoms with Crippen molar-refractivity contribution in [2.75, 3.05) is 46.9 Å². The molecule has 3 rings (SSSR count). The van der Waals surface area contributed by atoms with Gasteiger partial charge in [-0.05, 0) is 29.8 Å². The molecule has 1 fully saturated rings. The van der Waals surface area contributed by atoms with Gasteiger partial charge in [0.2, 0.25) is 15.9 Å². The van der Waals surface area contributed by atoms with E-state index < -0.39 is 10.0 Å². The molecule has 2 aromatic rings. The molecular formula is C22H28ClN3O5S. The third kappa shape index (κ3) is 5.92. The van der Waals surface area contributed by atoms with Crippen molar-refractivity contribution in [2.24, 2.45) is 0 Å². The Morgan fingerprint density at radius 2 is 1.88 bits per heavy atom. The lowest BCUT2D eigenvalue weighted by molar-refractivity contribution is -0.131. The highest BCUT2D eigenvalue weighted by Gasteiger charge is 2.30. The van der Waals surface area contributed by atoms with Gasteiger partial charge in [0.05, 0.1) is 14.2 Å². The molecule has 0 bridgehead atoms. The molecule has 0 spiro atoms. The monoisotopic (exact) mass is 481 g/mol. The molecule has 174 valence electrons. The van der Waals surface area contributed by atoms with Gasteiger partial charge in [-0.25, -0.2) is 8.42 Å². The molecule has 0 radical (unpaired) electrons. The Labute approximate surface area is 194 Å². The van der Waals surface area contributed by atoms with E-state index in [9.17, 15) is 13.2 Å². The first kappa shape index (κ1) is 24.3. The molecule has 1 amide bonds. The Kier molecular flexibility index (Phi) is 8.36. The Balaban J connectivity index is 1.90. The minimum absolute atomic E-state index is 0.0176. The van der Waals surface area contributed by atoms with Crippen molar-refractivity contribution >= 4 is 27.5 Å². The lowest BCUT2D eigenvalue weighted by Gasteiger charge is -2.29. The quantitative estimate of drug-likeness (QED) is 0.591. The molecule has 1 saturated heterocycles. The fourth-order valence-corrected chi connectivity index (χ4v) is 5.35. The second-order valence-electron chi connectivity index (χ2n) is 7.37. The minimum Gasteiger partial charge on any atom is -0.497 e. The van der Waals surface area contributed by atoms with E-state index in [1.165, 1.54) is 24.6 Å². The number of piperazine rings is 1. The number of benzene rings is 2. The van der Waals surface area contributed by atoms with Crippen LogP contribution in [0.5, 0.6) is 11.5 Å². The molecule has 10 heteroatoms. The summed E-state index contributed by atoms with van der Waals surface area (Å²) in [5, 5.41) is 3.71. The second kappa shape index (κ2) is 11.0. The van der Waals surface area contributed by atoms with E-state index in [0.717, 1.165) is 18.7 Å². The molecule has 0 unspecified atom stereocenters. The molecule has 1 N–H and O–H groups in total. The van der Waals surface area contributed by atoms with Crippen molar-refractivity contribution in [3.05, 3.63) is 53.1 Å². The van der Waals surface area contributed by atoms with Crippen LogP contribution in [0.3, 0.4) is 0 Å². The number of hydrogen-bond donors (Lipinski definition) is 1. The Hall–Kier alpha value is -2.33. The predicted molar refractivity (Wildman–Crippen MR) is 123 cm³/mol. The van der Waals surface area contributed by atoms with E-state index in [2.05, 4.69) is 5.32 Å². The molecule has 2 aromatic carbocycles. The third-order valence-electron chi connectivity index (χ3n) is 5.28. The molecule has 0 aromatic heterocycles. The normalized spacial score (nSPS) is 14.4. The number of hydrogen-bond acceptors (Lipinski definition) is 6. The van der Waals surface area contributed by atoms with Crippen molar-refractivity contribution in [2.45, 2.75) is 17.9 Å². The molecule has 32 heavy (non-hydrogen) atoms. The van der Waals surface area contributed by atoms with Gasteiger partial charge >= 0.3 is 0 Å². The van der Waals surface area contributed by atoms with Crippen molar-refractivity contribution in [3.8, 4) is 11.5 Å². The van der Waals surface area contributed by atoms with Gasteiger partial charge in [-0.15, -0.1) is 0 Å². The van der Waals surface area contributed by atoms with Gasteiger partial charge in [-0.1, -0.05) is 23.7 Å². The maximum Gasteiger partial charge on any atom is 0.247 e. The van der Waals surface area contributed by atoms with Crippen molar-refractivity contribution < 1.29 is 22.7 Å². The summed E-state index contributed by atoms with van der Waals surface area (Å²) < 4.78 is 39.2. The van der Waals surface area contributed by atoms with E-state index in [4.69, 9.17) is 21.1 Å². The van der Waals surface area contributed by atoms with Crippen LogP contribution in [0, 0.1) is 0 Å². The van der Waals surface area contributed by atoms with Crippen molar-refractivity contribution in [1.29, 1.82) is 0 Å². The first-order valence-electron chi connectivity index (χ1n) is 10.3. The molecule has 1 aliphatic rings. The fourth-order valence-electron chi connectivity index (χ4n) is 3.54. The van der Waals surface area contributed by atoms with Crippen LogP contribution in [0.25, 0.3) is 0 Å². The van der Waals surface area contributed by atoms with E-state index in [-0.39, 0.29) is 36.1 Å². The summed E-state index contributed by atoms with van der Waals surface area (Å²) in [6.45, 7) is 2.79. The van der Waals surface area contributed by atoms with Crippen LogP contribution >= 0.6 is 11.6 Å². The van der Waals surface area contributed by atoms with Crippen LogP contribution < -0.4 is 14.8 Å². The number of carbonyl (C=O) groups is 1. The van der Waals surface area contributed by atoms with Crippen molar-refractivity contribution in [3.63, 3.8) is 0 Å². The van der Waals surface area contributed by atoms with Gasteiger partial charge in [0, 0.05) is 56.8 Å². The zero-order chi connectivity index (χ0) is 23.1. The molecule has 8 nitrogen and oxygen atoms in total. The number of halogens is 1. The van der Waals surface area contributed by atoms with Crippen LogP contribution in [-0.2, 0) is 21.4 Å². The smallest absolute Gasteiger partial charge is 0.247 e. The molecule has 1 heterocycles.